The van der Waals surface area contributed by atoms with Crippen LogP contribution in [0.2, 0.25) is 0 Å². The molecule has 4 aromatic rings. The van der Waals surface area contributed by atoms with Crippen LogP contribution in [0.15, 0.2) is 59.6 Å². The van der Waals surface area contributed by atoms with Gasteiger partial charge in [-0.3, -0.25) is 0 Å². The van der Waals surface area contributed by atoms with Crippen LogP contribution in [0.3, 0.4) is 0 Å². The summed E-state index contributed by atoms with van der Waals surface area (Å²) in [7, 11) is -1.56. The van der Waals surface area contributed by atoms with E-state index in [0.717, 1.165) is 3.97 Å². The highest BCUT2D eigenvalue weighted by Gasteiger charge is 2.31. The SMILES string of the molecule is CCOc1ncccc1-c1c(O)n(S(=O)(=O)c2ccc(OC)cc2OC)c2ccc(C#N)cc12. The summed E-state index contributed by atoms with van der Waals surface area (Å²) < 4.78 is 44.6. The number of hydrogen-bond acceptors (Lipinski definition) is 8. The molecule has 0 amide bonds. The van der Waals surface area contributed by atoms with Crippen molar-refractivity contribution in [3.63, 3.8) is 0 Å². The fraction of sp³-hybridized carbons (Fsp3) is 0.167. The molecule has 4 rings (SSSR count). The maximum atomic E-state index is 13.8. The predicted octanol–water partition coefficient (Wildman–Crippen LogP) is 3.93. The maximum absolute atomic E-state index is 13.8. The van der Waals surface area contributed by atoms with Crippen molar-refractivity contribution in [1.82, 2.24) is 8.96 Å². The van der Waals surface area contributed by atoms with Gasteiger partial charge in [-0.15, -0.1) is 0 Å². The molecule has 9 nitrogen and oxygen atoms in total. The molecular weight excluding hydrogens is 458 g/mol. The van der Waals surface area contributed by atoms with Gasteiger partial charge in [-0.2, -0.15) is 5.26 Å². The van der Waals surface area contributed by atoms with Crippen LogP contribution >= 0.6 is 0 Å². The Morgan fingerprint density at radius 2 is 1.91 bits per heavy atom. The lowest BCUT2D eigenvalue weighted by molar-refractivity contribution is 0.328. The van der Waals surface area contributed by atoms with Gasteiger partial charge in [-0.25, -0.2) is 17.4 Å². The molecule has 34 heavy (non-hydrogen) atoms. The summed E-state index contributed by atoms with van der Waals surface area (Å²) in [5, 5.41) is 21.1. The van der Waals surface area contributed by atoms with Crippen molar-refractivity contribution >= 4 is 20.9 Å². The predicted molar refractivity (Wildman–Crippen MR) is 125 cm³/mol. The van der Waals surface area contributed by atoms with Gasteiger partial charge in [0.25, 0.3) is 10.0 Å². The molecule has 0 saturated carbocycles. The fourth-order valence-electron chi connectivity index (χ4n) is 3.75. The normalized spacial score (nSPS) is 11.2. The number of ether oxygens (including phenoxy) is 3. The Morgan fingerprint density at radius 3 is 2.59 bits per heavy atom. The third-order valence-corrected chi connectivity index (χ3v) is 6.98. The minimum atomic E-state index is -4.35. The first-order valence-electron chi connectivity index (χ1n) is 10.2. The zero-order valence-electron chi connectivity index (χ0n) is 18.6. The average molecular weight is 480 g/mol. The van der Waals surface area contributed by atoms with E-state index in [4.69, 9.17) is 14.2 Å². The second-order valence-electron chi connectivity index (χ2n) is 7.12. The number of benzene rings is 2. The van der Waals surface area contributed by atoms with Crippen LogP contribution in [0.5, 0.6) is 23.3 Å². The van der Waals surface area contributed by atoms with Crippen molar-refractivity contribution in [2.24, 2.45) is 0 Å². The molecule has 0 aliphatic carbocycles. The van der Waals surface area contributed by atoms with Crippen molar-refractivity contribution in [1.29, 1.82) is 5.26 Å². The number of pyridine rings is 1. The van der Waals surface area contributed by atoms with Gasteiger partial charge in [0.2, 0.25) is 11.8 Å². The molecule has 0 fully saturated rings. The molecule has 1 N–H and O–H groups in total. The zero-order chi connectivity index (χ0) is 24.5. The van der Waals surface area contributed by atoms with E-state index in [9.17, 15) is 18.8 Å². The molecule has 0 spiro atoms. The molecule has 0 bridgehead atoms. The van der Waals surface area contributed by atoms with E-state index in [1.165, 1.54) is 56.8 Å². The number of nitriles is 1. The molecule has 10 heteroatoms. The minimum Gasteiger partial charge on any atom is -0.497 e. The number of methoxy groups -OCH3 is 2. The molecular formula is C24H21N3O6S. The lowest BCUT2D eigenvalue weighted by Gasteiger charge is -2.14. The smallest absolute Gasteiger partial charge is 0.274 e. The Bertz CT molecular complexity index is 1540. The Balaban J connectivity index is 2.09. The first-order chi connectivity index (χ1) is 16.4. The maximum Gasteiger partial charge on any atom is 0.274 e. The summed E-state index contributed by atoms with van der Waals surface area (Å²) in [5.74, 6) is 0.138. The van der Waals surface area contributed by atoms with Gasteiger partial charge >= 0.3 is 0 Å². The Kier molecular flexibility index (Phi) is 6.04. The highest BCUT2D eigenvalue weighted by Crippen LogP contribution is 2.45. The first-order valence-corrected chi connectivity index (χ1v) is 11.6. The minimum absolute atomic E-state index is 0.0483. The van der Waals surface area contributed by atoms with E-state index in [1.807, 2.05) is 6.07 Å². The van der Waals surface area contributed by atoms with Gasteiger partial charge in [0, 0.05) is 17.6 Å². The van der Waals surface area contributed by atoms with E-state index < -0.39 is 15.9 Å². The Labute approximate surface area is 196 Å². The molecule has 0 unspecified atom stereocenters. The monoisotopic (exact) mass is 479 g/mol. The van der Waals surface area contributed by atoms with Crippen molar-refractivity contribution in [3.8, 4) is 40.5 Å². The van der Waals surface area contributed by atoms with E-state index in [1.54, 1.807) is 19.1 Å². The molecule has 2 aromatic carbocycles. The largest absolute Gasteiger partial charge is 0.497 e. The summed E-state index contributed by atoms with van der Waals surface area (Å²) in [6.45, 7) is 2.10. The number of aromatic hydroxyl groups is 1. The molecule has 0 atom stereocenters. The number of fused-ring (bicyclic) bond motifs is 1. The van der Waals surface area contributed by atoms with E-state index in [-0.39, 0.29) is 27.6 Å². The second kappa shape index (κ2) is 8.96. The Hall–Kier alpha value is -4.23. The van der Waals surface area contributed by atoms with Crippen LogP contribution in [0.25, 0.3) is 22.0 Å². The summed E-state index contributed by atoms with van der Waals surface area (Å²) in [4.78, 5) is 4.05. The first kappa shape index (κ1) is 22.9. The van der Waals surface area contributed by atoms with Crippen LogP contribution < -0.4 is 14.2 Å². The number of aromatic nitrogens is 2. The topological polar surface area (TPSA) is 124 Å². The van der Waals surface area contributed by atoms with Gasteiger partial charge in [0.05, 0.1) is 49.1 Å². The van der Waals surface area contributed by atoms with E-state index in [2.05, 4.69) is 4.98 Å². The summed E-state index contributed by atoms with van der Waals surface area (Å²) in [6.07, 6.45) is 1.53. The van der Waals surface area contributed by atoms with Crippen molar-refractivity contribution < 1.29 is 27.7 Å². The van der Waals surface area contributed by atoms with Gasteiger partial charge < -0.3 is 19.3 Å². The Morgan fingerprint density at radius 1 is 1.12 bits per heavy atom. The van der Waals surface area contributed by atoms with Crippen LogP contribution in [0, 0.1) is 11.3 Å². The highest BCUT2D eigenvalue weighted by atomic mass is 32.2. The number of rotatable bonds is 7. The quantitative estimate of drug-likeness (QED) is 0.423. The van der Waals surface area contributed by atoms with Crippen LogP contribution in [0.4, 0.5) is 0 Å². The number of hydrogen-bond donors (Lipinski definition) is 1. The fourth-order valence-corrected chi connectivity index (χ4v) is 5.32. The molecule has 2 heterocycles. The van der Waals surface area contributed by atoms with E-state index in [0.29, 0.717) is 28.9 Å². The highest BCUT2D eigenvalue weighted by molar-refractivity contribution is 7.90. The third kappa shape index (κ3) is 3.66. The van der Waals surface area contributed by atoms with E-state index >= 15 is 0 Å². The van der Waals surface area contributed by atoms with Crippen molar-refractivity contribution in [2.45, 2.75) is 11.8 Å². The summed E-state index contributed by atoms with van der Waals surface area (Å²) in [5.41, 5.74) is 1.04. The lowest BCUT2D eigenvalue weighted by Crippen LogP contribution is -2.13. The number of nitrogens with zero attached hydrogens (tertiary/aromatic N) is 3. The van der Waals surface area contributed by atoms with Crippen LogP contribution in [-0.4, -0.2) is 43.3 Å². The van der Waals surface area contributed by atoms with Crippen LogP contribution in [0.1, 0.15) is 12.5 Å². The zero-order valence-corrected chi connectivity index (χ0v) is 19.5. The third-order valence-electron chi connectivity index (χ3n) is 5.24. The lowest BCUT2D eigenvalue weighted by atomic mass is 10.0. The molecule has 0 aliphatic heterocycles. The van der Waals surface area contributed by atoms with Gasteiger partial charge in [-0.05, 0) is 49.4 Å². The van der Waals surface area contributed by atoms with Gasteiger partial charge in [0.15, 0.2) is 0 Å². The van der Waals surface area contributed by atoms with Crippen LogP contribution in [-0.2, 0) is 10.0 Å². The summed E-state index contributed by atoms with van der Waals surface area (Å²) in [6, 6.07) is 14.1. The average Bonchev–Trinajstić information content (AvgIpc) is 3.15. The van der Waals surface area contributed by atoms with Gasteiger partial charge in [-0.1, -0.05) is 0 Å². The molecule has 0 radical (unpaired) electrons. The van der Waals surface area contributed by atoms with Gasteiger partial charge in [0.1, 0.15) is 16.4 Å². The standard InChI is InChI=1S/C24H21N3O6S/c1-4-33-23-17(6-5-11-26-23)22-18-12-15(14-25)7-9-19(18)27(24(22)28)34(29,30)21-10-8-16(31-2)13-20(21)32-3/h5-13,28H,4H2,1-3H3. The molecule has 174 valence electrons. The molecule has 2 aromatic heterocycles. The van der Waals surface area contributed by atoms with Crippen molar-refractivity contribution in [3.05, 3.63) is 60.3 Å². The summed E-state index contributed by atoms with van der Waals surface area (Å²) >= 11 is 0. The van der Waals surface area contributed by atoms with Crippen molar-refractivity contribution in [2.75, 3.05) is 20.8 Å². The molecule has 0 saturated heterocycles. The molecule has 0 aliphatic rings. The second-order valence-corrected chi connectivity index (χ2v) is 8.87.